The van der Waals surface area contributed by atoms with E-state index in [1.807, 2.05) is 4.90 Å². The second-order valence-electron chi connectivity index (χ2n) is 11.5. The van der Waals surface area contributed by atoms with E-state index in [1.165, 1.54) is 35.2 Å². The van der Waals surface area contributed by atoms with Crippen molar-refractivity contribution in [2.45, 2.75) is 30.8 Å². The Morgan fingerprint density at radius 3 is 2.32 bits per heavy atom. The van der Waals surface area contributed by atoms with Crippen LogP contribution in [0.25, 0.3) is 5.69 Å². The van der Waals surface area contributed by atoms with Crippen molar-refractivity contribution in [1.29, 1.82) is 0 Å². The van der Waals surface area contributed by atoms with Gasteiger partial charge in [-0.2, -0.15) is 9.40 Å². The van der Waals surface area contributed by atoms with Crippen LogP contribution < -0.4 is 16.0 Å². The molecule has 0 bridgehead atoms. The van der Waals surface area contributed by atoms with Gasteiger partial charge in [-0.3, -0.25) is 14.7 Å². The van der Waals surface area contributed by atoms with Crippen molar-refractivity contribution >= 4 is 39.3 Å². The first-order chi connectivity index (χ1) is 22.2. The van der Waals surface area contributed by atoms with Crippen LogP contribution in [0.15, 0.2) is 53.7 Å². The minimum atomic E-state index is -4.43. The largest absolute Gasteiger partial charge is 0.478 e. The van der Waals surface area contributed by atoms with Gasteiger partial charge in [-0.15, -0.1) is 0 Å². The summed E-state index contributed by atoms with van der Waals surface area (Å²) in [7, 11) is -4.43. The molecule has 0 saturated carbocycles. The number of carbonyl (C=O) groups excluding carboxylic acids is 2. The van der Waals surface area contributed by atoms with Crippen molar-refractivity contribution in [2.24, 2.45) is 5.73 Å². The Labute approximate surface area is 266 Å². The zero-order valence-electron chi connectivity index (χ0n) is 25.1. The molecule has 1 fully saturated rings. The van der Waals surface area contributed by atoms with Crippen LogP contribution in [0.4, 0.5) is 20.3 Å². The lowest BCUT2D eigenvalue weighted by Gasteiger charge is -2.31. The minimum Gasteiger partial charge on any atom is -0.478 e. The first-order valence-electron chi connectivity index (χ1n) is 14.3. The number of amides is 2. The summed E-state index contributed by atoms with van der Waals surface area (Å²) in [4.78, 5) is 39.5. The van der Waals surface area contributed by atoms with Crippen molar-refractivity contribution in [3.63, 3.8) is 0 Å². The van der Waals surface area contributed by atoms with Gasteiger partial charge in [0.05, 0.1) is 57.4 Å². The predicted octanol–water partition coefficient (Wildman–Crippen LogP) is 2.80. The minimum absolute atomic E-state index is 0.00177. The second kappa shape index (κ2) is 11.6. The molecule has 0 aliphatic carbocycles. The number of ether oxygens (including phenoxy) is 1. The molecule has 0 spiro atoms. The number of hydrogen-bond donors (Lipinski definition) is 4. The number of benzene rings is 2. The van der Waals surface area contributed by atoms with Gasteiger partial charge in [0.2, 0.25) is 15.9 Å². The van der Waals surface area contributed by atoms with E-state index in [1.54, 1.807) is 13.8 Å². The molecule has 1 saturated heterocycles. The number of nitrogens with one attached hydrogen (secondary N) is 2. The van der Waals surface area contributed by atoms with Crippen molar-refractivity contribution in [3.05, 3.63) is 88.4 Å². The molecule has 4 heterocycles. The molecule has 2 amide bonds. The summed E-state index contributed by atoms with van der Waals surface area (Å²) in [5, 5.41) is 19.1. The Kier molecular flexibility index (Phi) is 7.85. The van der Waals surface area contributed by atoms with Crippen molar-refractivity contribution < 1.29 is 41.4 Å². The van der Waals surface area contributed by atoms with Gasteiger partial charge < -0.3 is 30.4 Å². The van der Waals surface area contributed by atoms with Crippen LogP contribution >= 0.6 is 0 Å². The Bertz CT molecular complexity index is 2030. The van der Waals surface area contributed by atoms with Gasteiger partial charge in [-0.25, -0.2) is 22.0 Å². The van der Waals surface area contributed by atoms with Crippen molar-refractivity contribution in [3.8, 4) is 5.69 Å². The highest BCUT2D eigenvalue weighted by atomic mass is 32.2. The van der Waals surface area contributed by atoms with Crippen molar-refractivity contribution in [2.75, 3.05) is 36.5 Å². The molecule has 246 valence electrons. The molecule has 0 unspecified atom stereocenters. The fourth-order valence-electron chi connectivity index (χ4n) is 5.87. The molecule has 0 atom stereocenters. The molecule has 0 radical (unpaired) electrons. The Morgan fingerprint density at radius 1 is 1.04 bits per heavy atom. The number of carbonyl (C=O) groups is 3. The number of fused-ring (bicyclic) bond motifs is 1. The van der Waals surface area contributed by atoms with Crippen LogP contribution in [-0.2, 0) is 26.8 Å². The lowest BCUT2D eigenvalue weighted by atomic mass is 10.0. The number of aromatic nitrogens is 3. The smallest absolute Gasteiger partial charge is 0.337 e. The highest BCUT2D eigenvalue weighted by Crippen LogP contribution is 2.44. The molecular weight excluding hydrogens is 640 g/mol. The predicted molar refractivity (Wildman–Crippen MR) is 163 cm³/mol. The van der Waals surface area contributed by atoms with E-state index < -0.39 is 49.9 Å². The standard InChI is InChI=1S/C30H29F2N7O7S/c1-30(2)25-22(15-39(30)47(44,45)19-10-17(31)9-18(32)11-19)27(36-35-25)34-28(41)21-13-24(38-4-3-16(14-38)29(42)43)23(12-20(21)26(33)40)37-5-7-46-8-6-37/h3-4,9-14H,5-8,15H2,1-2H3,(H2,33,40)(H,42,43)(H2,34,35,36,41). The van der Waals surface area contributed by atoms with Gasteiger partial charge in [0, 0.05) is 43.7 Å². The van der Waals surface area contributed by atoms with Gasteiger partial charge in [0.15, 0.2) is 5.82 Å². The van der Waals surface area contributed by atoms with Gasteiger partial charge >= 0.3 is 5.97 Å². The van der Waals surface area contributed by atoms with Crippen LogP contribution in [0, 0.1) is 11.6 Å². The SMILES string of the molecule is CC1(C)c2[nH]nc(NC(=O)c3cc(-n4ccc(C(=O)O)c4)c(N4CCOCC4)cc3C(N)=O)c2CN1S(=O)(=O)c1cc(F)cc(F)c1. The maximum absolute atomic E-state index is 13.9. The summed E-state index contributed by atoms with van der Waals surface area (Å²) in [6.07, 6.45) is 2.88. The summed E-state index contributed by atoms with van der Waals surface area (Å²) in [5.41, 5.74) is 5.73. The quantitative estimate of drug-likeness (QED) is 0.218. The highest BCUT2D eigenvalue weighted by molar-refractivity contribution is 7.89. The molecule has 14 nitrogen and oxygen atoms in total. The maximum Gasteiger partial charge on any atom is 0.337 e. The summed E-state index contributed by atoms with van der Waals surface area (Å²) >= 11 is 0. The molecule has 6 rings (SSSR count). The first-order valence-corrected chi connectivity index (χ1v) is 15.7. The number of primary amides is 1. The molecule has 2 aromatic carbocycles. The monoisotopic (exact) mass is 669 g/mol. The number of anilines is 2. The summed E-state index contributed by atoms with van der Waals surface area (Å²) < 4.78 is 63.0. The van der Waals surface area contributed by atoms with E-state index in [4.69, 9.17) is 10.5 Å². The molecule has 5 N–H and O–H groups in total. The van der Waals surface area contributed by atoms with Crippen LogP contribution in [0.1, 0.15) is 56.2 Å². The molecule has 2 aliphatic heterocycles. The summed E-state index contributed by atoms with van der Waals surface area (Å²) in [6.45, 7) is 4.56. The fourth-order valence-corrected chi connectivity index (χ4v) is 7.63. The average molecular weight is 670 g/mol. The number of hydrogen-bond acceptors (Lipinski definition) is 8. The normalized spacial score (nSPS) is 16.2. The molecule has 2 aromatic heterocycles. The fraction of sp³-hybridized carbons (Fsp3) is 0.267. The maximum atomic E-state index is 13.9. The number of H-pyrrole nitrogens is 1. The average Bonchev–Trinajstić information content (AvgIpc) is 3.73. The number of halogens is 2. The van der Waals surface area contributed by atoms with Gasteiger partial charge in [0.25, 0.3) is 5.91 Å². The third-order valence-electron chi connectivity index (χ3n) is 8.25. The number of carboxylic acid groups (broad SMARTS) is 1. The summed E-state index contributed by atoms with van der Waals surface area (Å²) in [5.74, 6) is -5.02. The third kappa shape index (κ3) is 5.61. The second-order valence-corrected chi connectivity index (χ2v) is 13.4. The number of aromatic carboxylic acids is 1. The van der Waals surface area contributed by atoms with E-state index in [0.29, 0.717) is 55.0 Å². The molecule has 2 aliphatic rings. The lowest BCUT2D eigenvalue weighted by Crippen LogP contribution is -2.40. The molecular formula is C30H29F2N7O7S. The molecule has 4 aromatic rings. The number of rotatable bonds is 8. The zero-order valence-corrected chi connectivity index (χ0v) is 25.9. The number of nitrogens with zero attached hydrogens (tertiary/aromatic N) is 4. The van der Waals surface area contributed by atoms with E-state index in [9.17, 15) is 36.7 Å². The number of sulfonamides is 1. The van der Waals surface area contributed by atoms with Gasteiger partial charge in [-0.05, 0) is 44.2 Å². The van der Waals surface area contributed by atoms with E-state index >= 15 is 0 Å². The van der Waals surface area contributed by atoms with Crippen LogP contribution in [0.3, 0.4) is 0 Å². The molecule has 47 heavy (non-hydrogen) atoms. The lowest BCUT2D eigenvalue weighted by molar-refractivity contribution is 0.0696. The van der Waals surface area contributed by atoms with E-state index in [2.05, 4.69) is 15.5 Å². The number of morpholine rings is 1. The van der Waals surface area contributed by atoms with E-state index in [-0.39, 0.29) is 29.1 Å². The Hall–Kier alpha value is -5.13. The Balaban J connectivity index is 1.38. The van der Waals surface area contributed by atoms with Crippen LogP contribution in [-0.4, -0.2) is 76.7 Å². The first kappa shape index (κ1) is 31.8. The number of carboxylic acids is 1. The van der Waals surface area contributed by atoms with Gasteiger partial charge in [-0.1, -0.05) is 0 Å². The van der Waals surface area contributed by atoms with E-state index in [0.717, 1.165) is 16.4 Å². The number of aromatic amines is 1. The van der Waals surface area contributed by atoms with Gasteiger partial charge in [0.1, 0.15) is 11.6 Å². The Morgan fingerprint density at radius 2 is 1.70 bits per heavy atom. The number of nitrogens with two attached hydrogens (primary N) is 1. The molecule has 17 heteroatoms. The highest BCUT2D eigenvalue weighted by Gasteiger charge is 2.48. The van der Waals surface area contributed by atoms with Crippen molar-refractivity contribution in [1.82, 2.24) is 19.1 Å². The van der Waals surface area contributed by atoms with Crippen LogP contribution in [0.5, 0.6) is 0 Å². The summed E-state index contributed by atoms with van der Waals surface area (Å²) in [6, 6.07) is 6.27. The zero-order chi connectivity index (χ0) is 33.8. The van der Waals surface area contributed by atoms with Crippen LogP contribution in [0.2, 0.25) is 0 Å². The topological polar surface area (TPSA) is 193 Å². The third-order valence-corrected chi connectivity index (χ3v) is 10.3.